The van der Waals surface area contributed by atoms with Crippen molar-refractivity contribution in [1.82, 2.24) is 4.90 Å². The van der Waals surface area contributed by atoms with Crippen LogP contribution < -0.4 is 11.1 Å². The molecule has 0 saturated carbocycles. The SMILES string of the molecule is Cc1cccc(NC(=O)N(C)CCCN)c1. The number of carbonyl (C=O) groups excluding carboxylic acids is 1. The molecule has 0 radical (unpaired) electrons. The lowest BCUT2D eigenvalue weighted by Gasteiger charge is -2.17. The third-order valence-corrected chi connectivity index (χ3v) is 2.31. The molecule has 4 heteroatoms. The maximum absolute atomic E-state index is 11.7. The lowest BCUT2D eigenvalue weighted by Crippen LogP contribution is -2.32. The van der Waals surface area contributed by atoms with Crippen LogP contribution in [0.3, 0.4) is 0 Å². The minimum absolute atomic E-state index is 0.0981. The molecular formula is C12H19N3O. The maximum atomic E-state index is 11.7. The number of benzene rings is 1. The summed E-state index contributed by atoms with van der Waals surface area (Å²) in [6.45, 7) is 3.27. The quantitative estimate of drug-likeness (QED) is 0.814. The molecule has 1 aromatic rings. The summed E-state index contributed by atoms with van der Waals surface area (Å²) in [5.74, 6) is 0. The van der Waals surface area contributed by atoms with Gasteiger partial charge in [0.05, 0.1) is 0 Å². The molecule has 1 aromatic carbocycles. The fourth-order valence-corrected chi connectivity index (χ4v) is 1.37. The van der Waals surface area contributed by atoms with Crippen molar-refractivity contribution in [3.05, 3.63) is 29.8 Å². The van der Waals surface area contributed by atoms with Gasteiger partial charge in [-0.2, -0.15) is 0 Å². The maximum Gasteiger partial charge on any atom is 0.321 e. The summed E-state index contributed by atoms with van der Waals surface area (Å²) < 4.78 is 0. The zero-order chi connectivity index (χ0) is 12.0. The molecular weight excluding hydrogens is 202 g/mol. The summed E-state index contributed by atoms with van der Waals surface area (Å²) in [6, 6.07) is 7.63. The van der Waals surface area contributed by atoms with Crippen LogP contribution in [-0.2, 0) is 0 Å². The number of nitrogens with zero attached hydrogens (tertiary/aromatic N) is 1. The van der Waals surface area contributed by atoms with E-state index in [4.69, 9.17) is 5.73 Å². The first-order chi connectivity index (χ1) is 7.63. The molecule has 0 fully saturated rings. The van der Waals surface area contributed by atoms with Crippen LogP contribution in [0, 0.1) is 6.92 Å². The van der Waals surface area contributed by atoms with Crippen LogP contribution in [0.25, 0.3) is 0 Å². The highest BCUT2D eigenvalue weighted by Gasteiger charge is 2.07. The highest BCUT2D eigenvalue weighted by Crippen LogP contribution is 2.10. The van der Waals surface area contributed by atoms with E-state index in [1.165, 1.54) is 0 Å². The Morgan fingerprint density at radius 1 is 1.50 bits per heavy atom. The van der Waals surface area contributed by atoms with Gasteiger partial charge in [-0.3, -0.25) is 0 Å². The minimum atomic E-state index is -0.0981. The average molecular weight is 221 g/mol. The Morgan fingerprint density at radius 2 is 2.25 bits per heavy atom. The first-order valence-electron chi connectivity index (χ1n) is 5.42. The topological polar surface area (TPSA) is 58.4 Å². The van der Waals surface area contributed by atoms with Crippen LogP contribution in [-0.4, -0.2) is 31.1 Å². The highest BCUT2D eigenvalue weighted by atomic mass is 16.2. The van der Waals surface area contributed by atoms with Crippen molar-refractivity contribution in [2.24, 2.45) is 5.73 Å². The van der Waals surface area contributed by atoms with E-state index >= 15 is 0 Å². The molecule has 0 aliphatic heterocycles. The lowest BCUT2D eigenvalue weighted by molar-refractivity contribution is 0.222. The van der Waals surface area contributed by atoms with Crippen LogP contribution in [0.5, 0.6) is 0 Å². The molecule has 0 bridgehead atoms. The number of anilines is 1. The van der Waals surface area contributed by atoms with E-state index in [1.807, 2.05) is 31.2 Å². The molecule has 88 valence electrons. The van der Waals surface area contributed by atoms with Gasteiger partial charge >= 0.3 is 6.03 Å². The predicted molar refractivity (Wildman–Crippen MR) is 66.5 cm³/mol. The molecule has 2 amide bonds. The summed E-state index contributed by atoms with van der Waals surface area (Å²) in [5, 5.41) is 2.84. The summed E-state index contributed by atoms with van der Waals surface area (Å²) in [6.07, 6.45) is 0.817. The van der Waals surface area contributed by atoms with Gasteiger partial charge in [0.2, 0.25) is 0 Å². The molecule has 1 rings (SSSR count). The normalized spacial score (nSPS) is 9.94. The second-order valence-corrected chi connectivity index (χ2v) is 3.86. The van der Waals surface area contributed by atoms with Gasteiger partial charge < -0.3 is 16.0 Å². The summed E-state index contributed by atoms with van der Waals surface area (Å²) in [5.41, 5.74) is 7.34. The molecule has 0 saturated heterocycles. The second-order valence-electron chi connectivity index (χ2n) is 3.86. The summed E-state index contributed by atoms with van der Waals surface area (Å²) in [7, 11) is 1.76. The molecule has 0 heterocycles. The van der Waals surface area contributed by atoms with Crippen molar-refractivity contribution < 1.29 is 4.79 Å². The first-order valence-corrected chi connectivity index (χ1v) is 5.42. The van der Waals surface area contributed by atoms with Gasteiger partial charge in [-0.1, -0.05) is 12.1 Å². The Kier molecular flexibility index (Phi) is 4.79. The number of urea groups is 1. The van der Waals surface area contributed by atoms with E-state index in [0.29, 0.717) is 13.1 Å². The third kappa shape index (κ3) is 3.90. The number of rotatable bonds is 4. The van der Waals surface area contributed by atoms with Gasteiger partial charge in [0, 0.05) is 19.3 Å². The van der Waals surface area contributed by atoms with Crippen LogP contribution in [0.2, 0.25) is 0 Å². The van der Waals surface area contributed by atoms with Crippen LogP contribution in [0.1, 0.15) is 12.0 Å². The summed E-state index contributed by atoms with van der Waals surface area (Å²) >= 11 is 0. The first kappa shape index (κ1) is 12.5. The van der Waals surface area contributed by atoms with E-state index in [9.17, 15) is 4.79 Å². The van der Waals surface area contributed by atoms with Crippen molar-refractivity contribution in [3.63, 3.8) is 0 Å². The van der Waals surface area contributed by atoms with E-state index in [1.54, 1.807) is 11.9 Å². The van der Waals surface area contributed by atoms with Crippen LogP contribution in [0.4, 0.5) is 10.5 Å². The Morgan fingerprint density at radius 3 is 2.88 bits per heavy atom. The number of carbonyl (C=O) groups is 1. The standard InChI is InChI=1S/C12H19N3O/c1-10-5-3-6-11(9-10)14-12(16)15(2)8-4-7-13/h3,5-6,9H,4,7-8,13H2,1-2H3,(H,14,16). The van der Waals surface area contributed by atoms with E-state index < -0.39 is 0 Å². The monoisotopic (exact) mass is 221 g/mol. The number of hydrogen-bond acceptors (Lipinski definition) is 2. The molecule has 4 nitrogen and oxygen atoms in total. The number of amides is 2. The lowest BCUT2D eigenvalue weighted by atomic mass is 10.2. The molecule has 0 unspecified atom stereocenters. The van der Waals surface area contributed by atoms with Gasteiger partial charge in [0.25, 0.3) is 0 Å². The Hall–Kier alpha value is -1.55. The fraction of sp³-hybridized carbons (Fsp3) is 0.417. The van der Waals surface area contributed by atoms with E-state index in [-0.39, 0.29) is 6.03 Å². The largest absolute Gasteiger partial charge is 0.330 e. The van der Waals surface area contributed by atoms with Crippen molar-refractivity contribution in [2.45, 2.75) is 13.3 Å². The molecule has 0 aromatic heterocycles. The number of hydrogen-bond donors (Lipinski definition) is 2. The van der Waals surface area contributed by atoms with Crippen LogP contribution in [0.15, 0.2) is 24.3 Å². The molecule has 3 N–H and O–H groups in total. The Labute approximate surface area is 96.4 Å². The Bertz CT molecular complexity index is 352. The highest BCUT2D eigenvalue weighted by molar-refractivity contribution is 5.89. The van der Waals surface area contributed by atoms with Crippen molar-refractivity contribution in [1.29, 1.82) is 0 Å². The fourth-order valence-electron chi connectivity index (χ4n) is 1.37. The smallest absolute Gasteiger partial charge is 0.321 e. The minimum Gasteiger partial charge on any atom is -0.330 e. The molecule has 0 aliphatic carbocycles. The Balaban J connectivity index is 2.50. The predicted octanol–water partition coefficient (Wildman–Crippen LogP) is 1.81. The average Bonchev–Trinajstić information content (AvgIpc) is 2.25. The zero-order valence-electron chi connectivity index (χ0n) is 9.86. The number of nitrogens with one attached hydrogen (secondary N) is 1. The van der Waals surface area contributed by atoms with Gasteiger partial charge in [0.15, 0.2) is 0 Å². The van der Waals surface area contributed by atoms with Crippen molar-refractivity contribution in [3.8, 4) is 0 Å². The van der Waals surface area contributed by atoms with Gasteiger partial charge in [-0.05, 0) is 37.6 Å². The number of nitrogens with two attached hydrogens (primary N) is 1. The molecule has 0 spiro atoms. The summed E-state index contributed by atoms with van der Waals surface area (Å²) in [4.78, 5) is 13.3. The molecule has 0 atom stereocenters. The van der Waals surface area contributed by atoms with E-state index in [0.717, 1.165) is 17.7 Å². The van der Waals surface area contributed by atoms with Gasteiger partial charge in [-0.25, -0.2) is 4.79 Å². The third-order valence-electron chi connectivity index (χ3n) is 2.31. The van der Waals surface area contributed by atoms with Gasteiger partial charge in [-0.15, -0.1) is 0 Å². The van der Waals surface area contributed by atoms with Crippen molar-refractivity contribution in [2.75, 3.05) is 25.5 Å². The second kappa shape index (κ2) is 6.12. The molecule has 16 heavy (non-hydrogen) atoms. The van der Waals surface area contributed by atoms with Crippen LogP contribution >= 0.6 is 0 Å². The van der Waals surface area contributed by atoms with Crippen molar-refractivity contribution >= 4 is 11.7 Å². The van der Waals surface area contributed by atoms with Gasteiger partial charge in [0.1, 0.15) is 0 Å². The molecule has 0 aliphatic rings. The zero-order valence-corrected chi connectivity index (χ0v) is 9.86. The number of aryl methyl sites for hydroxylation is 1. The van der Waals surface area contributed by atoms with E-state index in [2.05, 4.69) is 5.32 Å².